The highest BCUT2D eigenvalue weighted by atomic mass is 32.2. The number of nitrogens with one attached hydrogen (secondary N) is 10. The van der Waals surface area contributed by atoms with Crippen LogP contribution in [0.2, 0.25) is 0 Å². The molecule has 0 aliphatic carbocycles. The van der Waals surface area contributed by atoms with E-state index in [-0.39, 0.29) is 74.5 Å². The van der Waals surface area contributed by atoms with Gasteiger partial charge in [-0.05, 0) is 95.3 Å². The largest absolute Gasteiger partial charge is 0.508 e. The second kappa shape index (κ2) is 47.6. The SMILES string of the molecule is CCCC[C@H]1C(=O)N(C)CC(=O)N[C@@H](C)C(=O)N[C@@H](C(C)C)C(=O)N(C)[C@@H](Cc2ccccc2)C(=O)N[C@@H](Cc2ccc(O)cc2)C(=O)N(C)CC(=O)N[C@@H](Cc2c[nH]c3ccccc23)C(=O)N[C@@H](Cc2ccc(O)cc2)C(=O)N[C@@H](CC(C)C)C(=O)N[C@H](C(=O)NCC(N)=O)CSCC(=O)N[C@@H](Cc2ccccc2)C(=O)N(C)[C@@H](Cc2ccccc2)C(=O)N1C. The maximum Gasteiger partial charge on any atom is 0.246 e. The smallest absolute Gasteiger partial charge is 0.246 e. The topological polar surface area (TPSA) is 463 Å². The fourth-order valence-corrected chi connectivity index (χ4v) is 15.6. The van der Waals surface area contributed by atoms with Crippen molar-refractivity contribution in [2.75, 3.05) is 66.4 Å². The van der Waals surface area contributed by atoms with Gasteiger partial charge in [-0.1, -0.05) is 181 Å². The molecule has 2 heterocycles. The molecule has 14 N–H and O–H groups in total. The van der Waals surface area contributed by atoms with Crippen molar-refractivity contribution in [3.8, 4) is 11.5 Å². The first kappa shape index (κ1) is 98.3. The van der Waals surface area contributed by atoms with Gasteiger partial charge in [0.05, 0.1) is 25.4 Å². The highest BCUT2D eigenvalue weighted by Gasteiger charge is 2.42. The number of amides is 15. The van der Waals surface area contributed by atoms with Crippen LogP contribution in [0.15, 0.2) is 170 Å². The summed E-state index contributed by atoms with van der Waals surface area (Å²) in [7, 11) is 6.83. The highest BCUT2D eigenvalue weighted by Crippen LogP contribution is 2.24. The predicted molar refractivity (Wildman–Crippen MR) is 475 cm³/mol. The monoisotopic (exact) mass is 1750 g/mol. The Morgan fingerprint density at radius 3 is 1.46 bits per heavy atom. The van der Waals surface area contributed by atoms with E-state index >= 15 is 33.6 Å². The average molecular weight is 1750 g/mol. The first-order chi connectivity index (χ1) is 60.0. The zero-order valence-corrected chi connectivity index (χ0v) is 73.8. The lowest BCUT2D eigenvalue weighted by atomic mass is 9.98. The van der Waals surface area contributed by atoms with Crippen molar-refractivity contribution in [1.82, 2.24) is 77.3 Å². The molecule has 0 saturated carbocycles. The Kier molecular flexibility index (Phi) is 37.2. The molecule has 11 atom stereocenters. The van der Waals surface area contributed by atoms with E-state index < -0.39 is 186 Å². The number of aromatic hydroxyl groups is 2. The molecule has 8 rings (SSSR count). The van der Waals surface area contributed by atoms with Gasteiger partial charge in [0, 0.05) is 96.6 Å². The number of aromatic amines is 1. The number of primary amides is 1. The lowest BCUT2D eigenvalue weighted by Crippen LogP contribution is -2.61. The lowest BCUT2D eigenvalue weighted by Gasteiger charge is -2.37. The summed E-state index contributed by atoms with van der Waals surface area (Å²) >= 11 is 0.850. The van der Waals surface area contributed by atoms with Gasteiger partial charge in [-0.2, -0.15) is 0 Å². The Morgan fingerprint density at radius 1 is 0.460 bits per heavy atom. The second-order valence-corrected chi connectivity index (χ2v) is 33.7. The van der Waals surface area contributed by atoms with Crippen LogP contribution in [0.4, 0.5) is 0 Å². The van der Waals surface area contributed by atoms with Crippen molar-refractivity contribution >= 4 is 111 Å². The summed E-state index contributed by atoms with van der Waals surface area (Å²) in [4.78, 5) is 230. The van der Waals surface area contributed by atoms with Crippen molar-refractivity contribution in [2.24, 2.45) is 17.6 Å². The fraction of sp³-hybridized carbons (Fsp3) is 0.424. The minimum atomic E-state index is -1.58. The fourth-order valence-electron chi connectivity index (χ4n) is 14.7. The second-order valence-electron chi connectivity index (χ2n) is 32.6. The Bertz CT molecular complexity index is 4930. The van der Waals surface area contributed by atoms with Crippen LogP contribution in [0, 0.1) is 11.8 Å². The number of thioether (sulfide) groups is 1. The normalized spacial score (nSPS) is 22.2. The van der Waals surface area contributed by atoms with Crippen LogP contribution < -0.4 is 53.6 Å². The van der Waals surface area contributed by atoms with Crippen molar-refractivity contribution in [1.29, 1.82) is 0 Å². The number of nitrogens with zero attached hydrogens (tertiary/aromatic N) is 5. The maximum absolute atomic E-state index is 15.5. The molecule has 1 fully saturated rings. The van der Waals surface area contributed by atoms with E-state index in [4.69, 9.17) is 5.73 Å². The van der Waals surface area contributed by atoms with Gasteiger partial charge in [0.15, 0.2) is 0 Å². The number of phenols is 2. The number of hydrogen-bond acceptors (Lipinski definition) is 18. The zero-order valence-electron chi connectivity index (χ0n) is 73.0. The number of carbonyl (C=O) groups is 15. The molecule has 1 aliphatic rings. The number of phenolic OH excluding ortho intramolecular Hbond substituents is 2. The van der Waals surface area contributed by atoms with E-state index in [0.717, 1.165) is 26.5 Å². The van der Waals surface area contributed by atoms with Crippen LogP contribution in [-0.4, -0.2) is 261 Å². The van der Waals surface area contributed by atoms with Crippen molar-refractivity contribution in [3.05, 3.63) is 203 Å². The summed E-state index contributed by atoms with van der Waals surface area (Å²) in [6, 6.07) is 29.1. The molecule has 1 saturated heterocycles. The standard InChI is InChI=1S/C92H118N16O17S/c1-12-13-33-74-90(123)105(8)51-78(112)96-57(6)82(115)103-81(56(4)5)92(125)107(10)75(46-59-27-19-15-20-28-59)87(120)101-71(45-62-36-40-65(110)41-37-62)88(121)104(7)52-79(113)97-70(48-63-49-94-67-32-24-23-31-66(63)67)86(119)100-69(43-61-34-38-64(109)39-35-61)85(118)99-68(42-55(2)3)84(117)102-73(83(116)95-50-77(93)111)53-126-54-80(114)98-72(44-58-25-17-14-18-26-58)89(122)108(11)76(91(124)106(74)9)47-60-29-21-16-22-30-60/h14-32,34-41,49,55-57,68-76,81,94,109-110H,12-13,33,42-48,50-54H2,1-11H3,(H2,93,111)(H,95,116)(H,96,112)(H,97,113)(H,98,114)(H,99,118)(H,100,119)(H,101,120)(H,102,117)(H,103,115)/t57-,68-,69-,70-,71-,72-,73-,74-,75-,76-,81-/m0/s1. The van der Waals surface area contributed by atoms with E-state index in [2.05, 4.69) is 52.8 Å². The number of benzene rings is 6. The van der Waals surface area contributed by atoms with E-state index in [1.54, 1.807) is 149 Å². The third-order valence-corrected chi connectivity index (χ3v) is 22.8. The Morgan fingerprint density at radius 2 is 0.913 bits per heavy atom. The van der Waals surface area contributed by atoms with Crippen molar-refractivity contribution in [3.63, 3.8) is 0 Å². The third-order valence-electron chi connectivity index (χ3n) is 21.8. The van der Waals surface area contributed by atoms with Crippen LogP contribution in [-0.2, 0) is 110 Å². The number of nitrogens with two attached hydrogens (primary N) is 1. The molecule has 1 aliphatic heterocycles. The van der Waals surface area contributed by atoms with Crippen LogP contribution in [0.1, 0.15) is 101 Å². The summed E-state index contributed by atoms with van der Waals surface area (Å²) in [5.74, 6) is -14.4. The number of carbonyl (C=O) groups excluding carboxylic acids is 15. The number of aromatic nitrogens is 1. The first-order valence-electron chi connectivity index (χ1n) is 42.0. The molecule has 33 nitrogen and oxygen atoms in total. The average Bonchev–Trinajstić information content (AvgIpc) is 1.30. The van der Waals surface area contributed by atoms with Crippen LogP contribution in [0.25, 0.3) is 10.9 Å². The van der Waals surface area contributed by atoms with Crippen LogP contribution in [0.5, 0.6) is 11.5 Å². The van der Waals surface area contributed by atoms with Gasteiger partial charge in [0.25, 0.3) is 0 Å². The number of likely N-dealkylation sites (N-methyl/N-ethyl adjacent to an activating group) is 5. The van der Waals surface area contributed by atoms with Crippen LogP contribution >= 0.6 is 11.8 Å². The quantitative estimate of drug-likeness (QED) is 0.0492. The van der Waals surface area contributed by atoms with E-state index in [1.807, 2.05) is 6.92 Å². The highest BCUT2D eigenvalue weighted by molar-refractivity contribution is 8.00. The molecule has 0 radical (unpaired) electrons. The Balaban J connectivity index is 1.19. The van der Waals surface area contributed by atoms with E-state index in [0.29, 0.717) is 57.1 Å². The lowest BCUT2D eigenvalue weighted by molar-refractivity contribution is -0.151. The Labute approximate surface area is 738 Å². The van der Waals surface area contributed by atoms with E-state index in [1.165, 1.54) is 100 Å². The number of H-pyrrole nitrogens is 1. The number of para-hydroxylation sites is 1. The zero-order chi connectivity index (χ0) is 92.0. The molecule has 6 aromatic carbocycles. The first-order valence-corrected chi connectivity index (χ1v) is 43.2. The summed E-state index contributed by atoms with van der Waals surface area (Å²) in [6.07, 6.45) is 1.61. The predicted octanol–water partition coefficient (Wildman–Crippen LogP) is 2.87. The number of hydrogen-bond donors (Lipinski definition) is 13. The molecule has 1 aromatic heterocycles. The van der Waals surface area contributed by atoms with Gasteiger partial charge in [-0.15, -0.1) is 11.8 Å². The number of fused-ring (bicyclic) bond motifs is 1. The summed E-state index contributed by atoms with van der Waals surface area (Å²) in [5, 5.41) is 45.8. The minimum Gasteiger partial charge on any atom is -0.508 e. The summed E-state index contributed by atoms with van der Waals surface area (Å²) < 4.78 is 0. The molecule has 0 unspecified atom stereocenters. The molecular formula is C92H118N16O17S. The molecule has 0 bridgehead atoms. The van der Waals surface area contributed by atoms with Gasteiger partial charge in [-0.3, -0.25) is 71.9 Å². The number of rotatable bonds is 21. The minimum absolute atomic E-state index is 0.0774. The molecule has 126 heavy (non-hydrogen) atoms. The molecule has 15 amide bonds. The van der Waals surface area contributed by atoms with Gasteiger partial charge >= 0.3 is 0 Å². The van der Waals surface area contributed by atoms with Gasteiger partial charge < -0.3 is 93.3 Å². The van der Waals surface area contributed by atoms with Gasteiger partial charge in [0.1, 0.15) is 78.0 Å². The molecule has 674 valence electrons. The summed E-state index contributed by atoms with van der Waals surface area (Å²) in [5.41, 5.74) is 9.34. The maximum atomic E-state index is 15.5. The van der Waals surface area contributed by atoms with E-state index in [9.17, 15) is 48.6 Å². The number of unbranched alkanes of at least 4 members (excludes halogenated alkanes) is 1. The molecular weight excluding hydrogens is 1630 g/mol. The molecule has 0 spiro atoms. The Hall–Kier alpha value is -13.1. The van der Waals surface area contributed by atoms with Crippen molar-refractivity contribution < 1.29 is 82.1 Å². The molecule has 34 heteroatoms. The van der Waals surface area contributed by atoms with Crippen molar-refractivity contribution in [2.45, 2.75) is 172 Å². The van der Waals surface area contributed by atoms with Gasteiger partial charge in [0.2, 0.25) is 88.6 Å². The molecule has 7 aromatic rings. The van der Waals surface area contributed by atoms with Crippen LogP contribution in [0.3, 0.4) is 0 Å². The van der Waals surface area contributed by atoms with Gasteiger partial charge in [-0.25, -0.2) is 0 Å². The third kappa shape index (κ3) is 29.3. The summed E-state index contributed by atoms with van der Waals surface area (Å²) in [6.45, 7) is 8.04.